The van der Waals surface area contributed by atoms with Crippen LogP contribution in [0.1, 0.15) is 26.7 Å². The third kappa shape index (κ3) is 2.99. The van der Waals surface area contributed by atoms with Gasteiger partial charge >= 0.3 is 0 Å². The van der Waals surface area contributed by atoms with Gasteiger partial charge in [0.05, 0.1) is 4.47 Å². The Labute approximate surface area is 127 Å². The van der Waals surface area contributed by atoms with Crippen molar-refractivity contribution in [2.75, 3.05) is 12.3 Å². The Hall–Kier alpha value is -0.660. The molecule has 0 heterocycles. The third-order valence-electron chi connectivity index (χ3n) is 4.04. The van der Waals surface area contributed by atoms with Crippen molar-refractivity contribution in [3.05, 3.63) is 22.4 Å². The number of benzene rings is 1. The van der Waals surface area contributed by atoms with E-state index < -0.39 is 20.7 Å². The van der Waals surface area contributed by atoms with Crippen molar-refractivity contribution in [1.82, 2.24) is 4.72 Å². The van der Waals surface area contributed by atoms with E-state index in [2.05, 4.69) is 34.5 Å². The first-order valence-electron chi connectivity index (χ1n) is 6.42. The number of anilines is 1. The van der Waals surface area contributed by atoms with Gasteiger partial charge in [-0.2, -0.15) is 0 Å². The van der Waals surface area contributed by atoms with Gasteiger partial charge in [-0.1, -0.05) is 13.8 Å². The zero-order valence-corrected chi connectivity index (χ0v) is 13.8. The van der Waals surface area contributed by atoms with E-state index in [0.717, 1.165) is 18.9 Å². The maximum Gasteiger partial charge on any atom is 0.243 e. The van der Waals surface area contributed by atoms with Gasteiger partial charge in [-0.15, -0.1) is 0 Å². The van der Waals surface area contributed by atoms with Gasteiger partial charge in [0.15, 0.2) is 5.82 Å². The van der Waals surface area contributed by atoms with Crippen molar-refractivity contribution < 1.29 is 12.8 Å². The lowest BCUT2D eigenvalue weighted by molar-refractivity contribution is 0.357. The lowest BCUT2D eigenvalue weighted by atomic mass is 9.93. The van der Waals surface area contributed by atoms with Crippen LogP contribution in [0.25, 0.3) is 0 Å². The predicted molar refractivity (Wildman–Crippen MR) is 80.2 cm³/mol. The fraction of sp³-hybridized carbons (Fsp3) is 0.538. The molecule has 112 valence electrons. The largest absolute Gasteiger partial charge is 0.399 e. The van der Waals surface area contributed by atoms with Crippen molar-refractivity contribution in [3.8, 4) is 0 Å². The van der Waals surface area contributed by atoms with E-state index in [1.807, 2.05) is 0 Å². The van der Waals surface area contributed by atoms with Crippen molar-refractivity contribution in [1.29, 1.82) is 0 Å². The minimum absolute atomic E-state index is 0.0150. The summed E-state index contributed by atoms with van der Waals surface area (Å²) >= 11 is 2.97. The Kier molecular flexibility index (Phi) is 4.15. The minimum Gasteiger partial charge on any atom is -0.399 e. The third-order valence-corrected chi connectivity index (χ3v) is 6.02. The maximum absolute atomic E-state index is 13.9. The average Bonchev–Trinajstić information content (AvgIpc) is 3.12. The Morgan fingerprint density at radius 3 is 2.55 bits per heavy atom. The molecule has 1 aliphatic carbocycles. The average molecular weight is 365 g/mol. The molecule has 2 rings (SSSR count). The molecule has 3 N–H and O–H groups in total. The molecule has 20 heavy (non-hydrogen) atoms. The van der Waals surface area contributed by atoms with E-state index in [1.165, 1.54) is 6.07 Å². The lowest BCUT2D eigenvalue weighted by Gasteiger charge is -2.20. The van der Waals surface area contributed by atoms with Gasteiger partial charge in [0.1, 0.15) is 4.90 Å². The molecule has 0 bridgehead atoms. The second-order valence-corrected chi connectivity index (χ2v) is 8.25. The molecule has 0 amide bonds. The Balaban J connectivity index is 2.23. The summed E-state index contributed by atoms with van der Waals surface area (Å²) in [7, 11) is -3.90. The van der Waals surface area contributed by atoms with Gasteiger partial charge in [-0.3, -0.25) is 0 Å². The smallest absolute Gasteiger partial charge is 0.243 e. The van der Waals surface area contributed by atoms with Crippen LogP contribution in [0.4, 0.5) is 10.1 Å². The Bertz CT molecular complexity index is 628. The molecule has 0 radical (unpaired) electrons. The van der Waals surface area contributed by atoms with E-state index in [9.17, 15) is 12.8 Å². The molecule has 0 aromatic heterocycles. The summed E-state index contributed by atoms with van der Waals surface area (Å²) in [5.41, 5.74) is 5.79. The molecule has 1 aromatic carbocycles. The standard InChI is InChI=1S/C13H18BrFN2O2S/c1-8(2)13(3-4-13)7-17-20(18,19)11-6-9(16)5-10(14)12(11)15/h5-6,8,17H,3-4,7,16H2,1-2H3. The molecule has 0 saturated heterocycles. The van der Waals surface area contributed by atoms with Gasteiger partial charge in [-0.05, 0) is 52.2 Å². The summed E-state index contributed by atoms with van der Waals surface area (Å²) in [5, 5.41) is 0. The summed E-state index contributed by atoms with van der Waals surface area (Å²) in [4.78, 5) is -0.413. The topological polar surface area (TPSA) is 72.2 Å². The van der Waals surface area contributed by atoms with Gasteiger partial charge in [0.25, 0.3) is 0 Å². The SMILES string of the molecule is CC(C)C1(CNS(=O)(=O)c2cc(N)cc(Br)c2F)CC1. The summed E-state index contributed by atoms with van der Waals surface area (Å²) in [5.74, 6) is -0.427. The van der Waals surface area contributed by atoms with E-state index in [4.69, 9.17) is 5.73 Å². The highest BCUT2D eigenvalue weighted by atomic mass is 79.9. The molecule has 1 aliphatic rings. The van der Waals surface area contributed by atoms with E-state index in [-0.39, 0.29) is 15.6 Å². The number of nitrogens with one attached hydrogen (secondary N) is 1. The number of halogens is 2. The van der Waals surface area contributed by atoms with Gasteiger partial charge in [-0.25, -0.2) is 17.5 Å². The van der Waals surface area contributed by atoms with E-state index in [1.54, 1.807) is 0 Å². The van der Waals surface area contributed by atoms with Crippen molar-refractivity contribution in [2.45, 2.75) is 31.6 Å². The monoisotopic (exact) mass is 364 g/mol. The van der Waals surface area contributed by atoms with Gasteiger partial charge in [0.2, 0.25) is 10.0 Å². The lowest BCUT2D eigenvalue weighted by Crippen LogP contribution is -2.33. The number of nitrogen functional groups attached to an aromatic ring is 1. The summed E-state index contributed by atoms with van der Waals surface area (Å²) in [6.07, 6.45) is 1.99. The van der Waals surface area contributed by atoms with Crippen molar-refractivity contribution in [3.63, 3.8) is 0 Å². The zero-order chi connectivity index (χ0) is 15.1. The minimum atomic E-state index is -3.90. The van der Waals surface area contributed by atoms with Crippen LogP contribution in [-0.4, -0.2) is 15.0 Å². The fourth-order valence-corrected chi connectivity index (χ4v) is 4.09. The van der Waals surface area contributed by atoms with Crippen LogP contribution in [0.5, 0.6) is 0 Å². The second kappa shape index (κ2) is 5.27. The molecular weight excluding hydrogens is 347 g/mol. The summed E-state index contributed by atoms with van der Waals surface area (Å²) in [6.45, 7) is 4.47. The number of nitrogens with two attached hydrogens (primary N) is 1. The summed E-state index contributed by atoms with van der Waals surface area (Å²) in [6, 6.07) is 2.47. The van der Waals surface area contributed by atoms with Crippen LogP contribution in [-0.2, 0) is 10.0 Å². The van der Waals surface area contributed by atoms with Crippen LogP contribution in [0, 0.1) is 17.2 Å². The number of rotatable bonds is 5. The molecule has 0 aliphatic heterocycles. The van der Waals surface area contributed by atoms with Crippen LogP contribution in [0.15, 0.2) is 21.5 Å². The van der Waals surface area contributed by atoms with E-state index in [0.29, 0.717) is 12.5 Å². The normalized spacial score (nSPS) is 17.4. The molecule has 0 atom stereocenters. The molecule has 7 heteroatoms. The number of hydrogen-bond donors (Lipinski definition) is 2. The molecule has 1 saturated carbocycles. The first kappa shape index (κ1) is 15.7. The molecule has 0 spiro atoms. The van der Waals surface area contributed by atoms with E-state index >= 15 is 0 Å². The molecule has 0 unspecified atom stereocenters. The number of hydrogen-bond acceptors (Lipinski definition) is 3. The molecule has 1 aromatic rings. The van der Waals surface area contributed by atoms with Crippen molar-refractivity contribution >= 4 is 31.6 Å². The zero-order valence-electron chi connectivity index (χ0n) is 11.4. The highest BCUT2D eigenvalue weighted by Gasteiger charge is 2.45. The number of sulfonamides is 1. The molecular formula is C13H18BrFN2O2S. The first-order valence-corrected chi connectivity index (χ1v) is 8.70. The van der Waals surface area contributed by atoms with Gasteiger partial charge < -0.3 is 5.73 Å². The van der Waals surface area contributed by atoms with Crippen LogP contribution in [0.2, 0.25) is 0 Å². The predicted octanol–water partition coefficient (Wildman–Crippen LogP) is 2.88. The Morgan fingerprint density at radius 2 is 2.05 bits per heavy atom. The molecule has 1 fully saturated rings. The maximum atomic E-state index is 13.9. The van der Waals surface area contributed by atoms with Crippen LogP contribution < -0.4 is 10.5 Å². The van der Waals surface area contributed by atoms with Gasteiger partial charge in [0, 0.05) is 12.2 Å². The highest BCUT2D eigenvalue weighted by molar-refractivity contribution is 9.10. The van der Waals surface area contributed by atoms with Crippen LogP contribution in [0.3, 0.4) is 0 Å². The highest BCUT2D eigenvalue weighted by Crippen LogP contribution is 2.51. The fourth-order valence-electron chi connectivity index (χ4n) is 2.21. The first-order chi connectivity index (χ1) is 9.18. The Morgan fingerprint density at radius 1 is 1.45 bits per heavy atom. The van der Waals surface area contributed by atoms with Crippen LogP contribution >= 0.6 is 15.9 Å². The second-order valence-electron chi connectivity index (χ2n) is 5.66. The molecule has 4 nitrogen and oxygen atoms in total. The summed E-state index contributed by atoms with van der Waals surface area (Å²) < 4.78 is 41.0. The van der Waals surface area contributed by atoms with Crippen molar-refractivity contribution in [2.24, 2.45) is 11.3 Å². The quantitative estimate of drug-likeness (QED) is 0.789.